The minimum atomic E-state index is -0.472. The molecule has 0 atom stereocenters. The van der Waals surface area contributed by atoms with E-state index in [2.05, 4.69) is 15.5 Å². The average Bonchev–Trinajstić information content (AvgIpc) is 2.56. The van der Waals surface area contributed by atoms with Crippen LogP contribution >= 0.6 is 0 Å². The predicted octanol–water partition coefficient (Wildman–Crippen LogP) is -0.424. The molecule has 0 saturated carbocycles. The zero-order valence-electron chi connectivity index (χ0n) is 13.2. The fourth-order valence-electron chi connectivity index (χ4n) is 2.35. The summed E-state index contributed by atoms with van der Waals surface area (Å²) in [6, 6.07) is 6.54. The van der Waals surface area contributed by atoms with Gasteiger partial charge in [-0.2, -0.15) is 0 Å². The molecule has 0 aromatic heterocycles. The Morgan fingerprint density at radius 2 is 1.91 bits per heavy atom. The molecule has 4 N–H and O–H groups in total. The van der Waals surface area contributed by atoms with E-state index in [1.54, 1.807) is 24.3 Å². The monoisotopic (exact) mass is 320 g/mol. The molecule has 1 saturated heterocycles. The Kier molecular flexibility index (Phi) is 6.83. The van der Waals surface area contributed by atoms with Gasteiger partial charge in [0.05, 0.1) is 13.0 Å². The Morgan fingerprint density at radius 3 is 2.57 bits per heavy atom. The van der Waals surface area contributed by atoms with E-state index in [1.807, 2.05) is 0 Å². The molecule has 7 heteroatoms. The number of benzene rings is 1. The van der Waals surface area contributed by atoms with Gasteiger partial charge in [0.2, 0.25) is 11.8 Å². The van der Waals surface area contributed by atoms with Gasteiger partial charge in [-0.05, 0) is 24.3 Å². The minimum absolute atomic E-state index is 0.0195. The fraction of sp³-hybridized carbons (Fsp3) is 0.500. The molecule has 1 heterocycles. The number of carbonyl (C=O) groups is 2. The minimum Gasteiger partial charge on any atom is -0.493 e. The number of primary amides is 1. The number of nitrogens with two attached hydrogens (primary N) is 1. The summed E-state index contributed by atoms with van der Waals surface area (Å²) in [4.78, 5) is 25.0. The SMILES string of the molecule is NC(=O)c1ccc(OCCC(=O)NCCN2CCNCC2)cc1. The molecule has 1 aromatic carbocycles. The number of piperazine rings is 1. The van der Waals surface area contributed by atoms with Crippen molar-refractivity contribution in [3.8, 4) is 5.75 Å². The lowest BCUT2D eigenvalue weighted by Gasteiger charge is -2.27. The van der Waals surface area contributed by atoms with E-state index < -0.39 is 5.91 Å². The van der Waals surface area contributed by atoms with E-state index in [0.717, 1.165) is 32.7 Å². The van der Waals surface area contributed by atoms with Crippen LogP contribution in [0.15, 0.2) is 24.3 Å². The van der Waals surface area contributed by atoms with Gasteiger partial charge in [0.15, 0.2) is 0 Å². The summed E-state index contributed by atoms with van der Waals surface area (Å²) in [5.41, 5.74) is 5.60. The zero-order chi connectivity index (χ0) is 16.5. The summed E-state index contributed by atoms with van der Waals surface area (Å²) in [7, 11) is 0. The summed E-state index contributed by atoms with van der Waals surface area (Å²) in [5, 5.41) is 6.19. The van der Waals surface area contributed by atoms with Crippen LogP contribution in [0.1, 0.15) is 16.8 Å². The van der Waals surface area contributed by atoms with Gasteiger partial charge in [0.1, 0.15) is 5.75 Å². The standard InChI is InChI=1S/C16H24N4O3/c17-16(22)13-1-3-14(4-2-13)23-12-5-15(21)19-8-11-20-9-6-18-7-10-20/h1-4,18H,5-12H2,(H2,17,22)(H,19,21). The Labute approximate surface area is 136 Å². The highest BCUT2D eigenvalue weighted by atomic mass is 16.5. The molecule has 0 spiro atoms. The molecule has 0 radical (unpaired) electrons. The first-order valence-electron chi connectivity index (χ1n) is 7.87. The van der Waals surface area contributed by atoms with Crippen molar-refractivity contribution in [3.63, 3.8) is 0 Å². The summed E-state index contributed by atoms with van der Waals surface area (Å²) in [6.07, 6.45) is 0.305. The van der Waals surface area contributed by atoms with E-state index in [0.29, 0.717) is 30.9 Å². The third-order valence-corrected chi connectivity index (χ3v) is 3.70. The smallest absolute Gasteiger partial charge is 0.248 e. The van der Waals surface area contributed by atoms with Crippen molar-refractivity contribution in [2.75, 3.05) is 45.9 Å². The van der Waals surface area contributed by atoms with Gasteiger partial charge in [-0.1, -0.05) is 0 Å². The predicted molar refractivity (Wildman–Crippen MR) is 87.4 cm³/mol. The fourth-order valence-corrected chi connectivity index (χ4v) is 2.35. The third kappa shape index (κ3) is 6.25. The van der Waals surface area contributed by atoms with Crippen LogP contribution in [0, 0.1) is 0 Å². The number of nitrogens with zero attached hydrogens (tertiary/aromatic N) is 1. The zero-order valence-corrected chi connectivity index (χ0v) is 13.2. The Balaban J connectivity index is 1.58. The first kappa shape index (κ1) is 17.2. The van der Waals surface area contributed by atoms with Crippen molar-refractivity contribution in [1.29, 1.82) is 0 Å². The molecule has 2 rings (SSSR count). The summed E-state index contributed by atoms with van der Waals surface area (Å²) >= 11 is 0. The number of rotatable bonds is 8. The second kappa shape index (κ2) is 9.12. The molecular formula is C16H24N4O3. The maximum atomic E-state index is 11.7. The molecule has 23 heavy (non-hydrogen) atoms. The van der Waals surface area contributed by atoms with Crippen molar-refractivity contribution in [2.24, 2.45) is 5.73 Å². The first-order chi connectivity index (χ1) is 11.1. The highest BCUT2D eigenvalue weighted by Gasteiger charge is 2.09. The van der Waals surface area contributed by atoms with E-state index in [4.69, 9.17) is 10.5 Å². The largest absolute Gasteiger partial charge is 0.493 e. The number of hydrogen-bond donors (Lipinski definition) is 3. The second-order valence-electron chi connectivity index (χ2n) is 5.43. The van der Waals surface area contributed by atoms with Crippen molar-refractivity contribution >= 4 is 11.8 Å². The van der Waals surface area contributed by atoms with Crippen molar-refractivity contribution in [1.82, 2.24) is 15.5 Å². The van der Waals surface area contributed by atoms with Crippen LogP contribution in [0.5, 0.6) is 5.75 Å². The van der Waals surface area contributed by atoms with Gasteiger partial charge < -0.3 is 21.1 Å². The van der Waals surface area contributed by atoms with Crippen molar-refractivity contribution in [3.05, 3.63) is 29.8 Å². The topological polar surface area (TPSA) is 96.7 Å². The molecular weight excluding hydrogens is 296 g/mol. The van der Waals surface area contributed by atoms with Crippen molar-refractivity contribution in [2.45, 2.75) is 6.42 Å². The van der Waals surface area contributed by atoms with E-state index in [1.165, 1.54) is 0 Å². The molecule has 0 unspecified atom stereocenters. The number of carbonyl (C=O) groups excluding carboxylic acids is 2. The van der Waals surface area contributed by atoms with E-state index in [9.17, 15) is 9.59 Å². The molecule has 1 aromatic rings. The molecule has 2 amide bonds. The third-order valence-electron chi connectivity index (χ3n) is 3.70. The van der Waals surface area contributed by atoms with Crippen LogP contribution in [0.2, 0.25) is 0 Å². The lowest BCUT2D eigenvalue weighted by atomic mass is 10.2. The van der Waals surface area contributed by atoms with Crippen molar-refractivity contribution < 1.29 is 14.3 Å². The highest BCUT2D eigenvalue weighted by molar-refractivity contribution is 5.92. The van der Waals surface area contributed by atoms with Gasteiger partial charge in [-0.15, -0.1) is 0 Å². The van der Waals surface area contributed by atoms with Gasteiger partial charge >= 0.3 is 0 Å². The molecule has 1 aliphatic rings. The summed E-state index contributed by atoms with van der Waals surface area (Å²) in [6.45, 7) is 5.91. The Bertz CT molecular complexity index is 513. The van der Waals surface area contributed by atoms with Gasteiger partial charge in [-0.25, -0.2) is 0 Å². The van der Waals surface area contributed by atoms with E-state index in [-0.39, 0.29) is 5.91 Å². The number of hydrogen-bond acceptors (Lipinski definition) is 5. The first-order valence-corrected chi connectivity index (χ1v) is 7.87. The summed E-state index contributed by atoms with van der Waals surface area (Å²) in [5.74, 6) is 0.123. The lowest BCUT2D eigenvalue weighted by molar-refractivity contribution is -0.121. The highest BCUT2D eigenvalue weighted by Crippen LogP contribution is 2.11. The Morgan fingerprint density at radius 1 is 1.22 bits per heavy atom. The van der Waals surface area contributed by atoms with Crippen LogP contribution in [0.25, 0.3) is 0 Å². The molecule has 1 aliphatic heterocycles. The number of nitrogens with one attached hydrogen (secondary N) is 2. The lowest BCUT2D eigenvalue weighted by Crippen LogP contribution is -2.46. The molecule has 126 valence electrons. The average molecular weight is 320 g/mol. The maximum absolute atomic E-state index is 11.7. The quantitative estimate of drug-likeness (QED) is 0.604. The summed E-state index contributed by atoms with van der Waals surface area (Å²) < 4.78 is 5.48. The van der Waals surface area contributed by atoms with Gasteiger partial charge in [-0.3, -0.25) is 14.5 Å². The molecule has 0 bridgehead atoms. The number of amides is 2. The Hall–Kier alpha value is -2.12. The van der Waals surface area contributed by atoms with E-state index >= 15 is 0 Å². The number of ether oxygens (including phenoxy) is 1. The molecule has 1 fully saturated rings. The maximum Gasteiger partial charge on any atom is 0.248 e. The van der Waals surface area contributed by atoms with Crippen LogP contribution in [0.4, 0.5) is 0 Å². The molecule has 7 nitrogen and oxygen atoms in total. The van der Waals surface area contributed by atoms with Gasteiger partial charge in [0.25, 0.3) is 0 Å². The second-order valence-corrected chi connectivity index (χ2v) is 5.43. The molecule has 0 aliphatic carbocycles. The van der Waals surface area contributed by atoms with Crippen LogP contribution in [0.3, 0.4) is 0 Å². The normalized spacial score (nSPS) is 15.1. The van der Waals surface area contributed by atoms with Gasteiger partial charge in [0, 0.05) is 44.8 Å². The van der Waals surface area contributed by atoms with Crippen LogP contribution < -0.4 is 21.1 Å². The van der Waals surface area contributed by atoms with Crippen LogP contribution in [-0.2, 0) is 4.79 Å². The van der Waals surface area contributed by atoms with Crippen LogP contribution in [-0.4, -0.2) is 62.6 Å².